The Hall–Kier alpha value is -3.81. The summed E-state index contributed by atoms with van der Waals surface area (Å²) in [5.41, 5.74) is 1.13. The molecule has 1 aromatic heterocycles. The predicted octanol–water partition coefficient (Wildman–Crippen LogP) is 2.68. The number of carbonyl (C=O) groups excluding carboxylic acids is 1. The van der Waals surface area contributed by atoms with Crippen molar-refractivity contribution in [2.45, 2.75) is 6.54 Å². The second-order valence-corrected chi connectivity index (χ2v) is 6.22. The lowest BCUT2D eigenvalue weighted by Crippen LogP contribution is -2.23. The molecule has 0 unspecified atom stereocenters. The number of methoxy groups -OCH3 is 3. The third-order valence-electron chi connectivity index (χ3n) is 4.41. The number of para-hydroxylation sites is 1. The van der Waals surface area contributed by atoms with Crippen molar-refractivity contribution in [2.75, 3.05) is 27.9 Å². The van der Waals surface area contributed by atoms with Gasteiger partial charge in [0.05, 0.1) is 45.1 Å². The summed E-state index contributed by atoms with van der Waals surface area (Å²) in [6, 6.07) is 10.5. The summed E-state index contributed by atoms with van der Waals surface area (Å²) in [7, 11) is 4.55. The molecule has 2 aromatic carbocycles. The fraction of sp³-hybridized carbons (Fsp3) is 0.227. The van der Waals surface area contributed by atoms with E-state index in [0.717, 1.165) is 0 Å². The van der Waals surface area contributed by atoms with Crippen LogP contribution in [-0.2, 0) is 16.1 Å². The van der Waals surface area contributed by atoms with Gasteiger partial charge >= 0.3 is 5.97 Å². The lowest BCUT2D eigenvalue weighted by molar-refractivity contribution is -0.137. The Morgan fingerprint density at radius 2 is 1.77 bits per heavy atom. The molecule has 0 aliphatic carbocycles. The summed E-state index contributed by atoms with van der Waals surface area (Å²) < 4.78 is 22.5. The second-order valence-electron chi connectivity index (χ2n) is 6.22. The maximum Gasteiger partial charge on any atom is 0.330 e. The Morgan fingerprint density at radius 1 is 1.07 bits per heavy atom. The molecule has 0 N–H and O–H groups in total. The average Bonchev–Trinajstić information content (AvgIpc) is 2.78. The van der Waals surface area contributed by atoms with E-state index in [0.29, 0.717) is 33.7 Å². The predicted molar refractivity (Wildman–Crippen MR) is 112 cm³/mol. The number of carbonyl (C=O) groups is 1. The monoisotopic (exact) mass is 410 g/mol. The lowest BCUT2D eigenvalue weighted by atomic mass is 10.1. The summed E-state index contributed by atoms with van der Waals surface area (Å²) in [6.07, 6.45) is 4.32. The van der Waals surface area contributed by atoms with Gasteiger partial charge in [-0.3, -0.25) is 9.36 Å². The van der Waals surface area contributed by atoms with Gasteiger partial charge in [0.15, 0.2) is 11.5 Å². The number of hydrogen-bond donors (Lipinski definition) is 0. The highest BCUT2D eigenvalue weighted by molar-refractivity contribution is 5.87. The second kappa shape index (κ2) is 9.60. The van der Waals surface area contributed by atoms with E-state index in [9.17, 15) is 9.59 Å². The molecule has 3 rings (SSSR count). The SMILES string of the molecule is COc1cc(/C=C/C(=O)OCCn2cnc3ccccc3c2=O)cc(OC)c1OC. The van der Waals surface area contributed by atoms with Crippen LogP contribution in [0.5, 0.6) is 17.2 Å². The molecule has 0 aliphatic rings. The Bertz CT molecular complexity index is 1110. The zero-order valence-electron chi connectivity index (χ0n) is 17.0. The molecule has 8 heteroatoms. The smallest absolute Gasteiger partial charge is 0.330 e. The third kappa shape index (κ3) is 4.60. The summed E-state index contributed by atoms with van der Waals surface area (Å²) >= 11 is 0. The van der Waals surface area contributed by atoms with Gasteiger partial charge < -0.3 is 18.9 Å². The fourth-order valence-corrected chi connectivity index (χ4v) is 2.92. The molecule has 0 radical (unpaired) electrons. The van der Waals surface area contributed by atoms with Gasteiger partial charge in [0, 0.05) is 6.08 Å². The minimum Gasteiger partial charge on any atom is -0.493 e. The molecule has 3 aromatic rings. The molecule has 0 amide bonds. The van der Waals surface area contributed by atoms with Crippen LogP contribution in [0.15, 0.2) is 53.6 Å². The fourth-order valence-electron chi connectivity index (χ4n) is 2.92. The Labute approximate surface area is 173 Å². The zero-order chi connectivity index (χ0) is 21.5. The summed E-state index contributed by atoms with van der Waals surface area (Å²) in [4.78, 5) is 28.7. The molecule has 30 heavy (non-hydrogen) atoms. The van der Waals surface area contributed by atoms with Gasteiger partial charge in [-0.05, 0) is 35.9 Å². The molecule has 0 spiro atoms. The molecule has 0 saturated carbocycles. The number of fused-ring (bicyclic) bond motifs is 1. The number of hydrogen-bond acceptors (Lipinski definition) is 7. The van der Waals surface area contributed by atoms with Gasteiger partial charge in [-0.1, -0.05) is 12.1 Å². The van der Waals surface area contributed by atoms with Crippen molar-refractivity contribution >= 4 is 22.9 Å². The van der Waals surface area contributed by atoms with E-state index in [4.69, 9.17) is 18.9 Å². The number of nitrogens with zero attached hydrogens (tertiary/aromatic N) is 2. The van der Waals surface area contributed by atoms with Crippen LogP contribution in [-0.4, -0.2) is 43.5 Å². The van der Waals surface area contributed by atoms with Crippen LogP contribution in [0.2, 0.25) is 0 Å². The minimum absolute atomic E-state index is 0.0400. The van der Waals surface area contributed by atoms with Crippen molar-refractivity contribution in [1.82, 2.24) is 9.55 Å². The molecule has 0 aliphatic heterocycles. The quantitative estimate of drug-likeness (QED) is 0.417. The van der Waals surface area contributed by atoms with Crippen LogP contribution < -0.4 is 19.8 Å². The Morgan fingerprint density at radius 3 is 2.43 bits per heavy atom. The molecular weight excluding hydrogens is 388 g/mol. The van der Waals surface area contributed by atoms with Crippen LogP contribution in [0.25, 0.3) is 17.0 Å². The number of ether oxygens (including phenoxy) is 4. The van der Waals surface area contributed by atoms with Crippen LogP contribution in [0.3, 0.4) is 0 Å². The Kier molecular flexibility index (Phi) is 6.69. The van der Waals surface area contributed by atoms with E-state index in [-0.39, 0.29) is 18.7 Å². The maximum absolute atomic E-state index is 12.4. The van der Waals surface area contributed by atoms with Crippen LogP contribution in [0.4, 0.5) is 0 Å². The van der Waals surface area contributed by atoms with Crippen molar-refractivity contribution in [3.63, 3.8) is 0 Å². The first-order valence-electron chi connectivity index (χ1n) is 9.16. The van der Waals surface area contributed by atoms with Crippen molar-refractivity contribution in [1.29, 1.82) is 0 Å². The van der Waals surface area contributed by atoms with Crippen LogP contribution in [0.1, 0.15) is 5.56 Å². The van der Waals surface area contributed by atoms with Crippen molar-refractivity contribution < 1.29 is 23.7 Å². The minimum atomic E-state index is -0.537. The molecule has 0 bridgehead atoms. The first-order chi connectivity index (χ1) is 14.6. The van der Waals surface area contributed by atoms with Crippen molar-refractivity contribution in [3.8, 4) is 17.2 Å². The average molecular weight is 410 g/mol. The Balaban J connectivity index is 1.63. The van der Waals surface area contributed by atoms with E-state index in [2.05, 4.69) is 4.98 Å². The number of aromatic nitrogens is 2. The first kappa shape index (κ1) is 20.9. The number of rotatable bonds is 8. The largest absolute Gasteiger partial charge is 0.493 e. The van der Waals surface area contributed by atoms with Crippen molar-refractivity contribution in [3.05, 3.63) is 64.7 Å². The highest BCUT2D eigenvalue weighted by Crippen LogP contribution is 2.38. The number of benzene rings is 2. The number of esters is 1. The van der Waals surface area contributed by atoms with Gasteiger partial charge in [-0.25, -0.2) is 9.78 Å². The molecule has 1 heterocycles. The zero-order valence-corrected chi connectivity index (χ0v) is 17.0. The van der Waals surface area contributed by atoms with E-state index < -0.39 is 5.97 Å². The molecule has 0 fully saturated rings. The van der Waals surface area contributed by atoms with Gasteiger partial charge in [0.1, 0.15) is 6.61 Å². The molecule has 0 atom stereocenters. The third-order valence-corrected chi connectivity index (χ3v) is 4.41. The normalized spacial score (nSPS) is 10.9. The standard InChI is InChI=1S/C22H22N2O6/c1-27-18-12-15(13-19(28-2)21(18)29-3)8-9-20(25)30-11-10-24-14-23-17-7-5-4-6-16(17)22(24)26/h4-9,12-14H,10-11H2,1-3H3/b9-8+. The van der Waals surface area contributed by atoms with E-state index in [1.807, 2.05) is 6.07 Å². The maximum atomic E-state index is 12.4. The summed E-state index contributed by atoms with van der Waals surface area (Å²) in [6.45, 7) is 0.249. The van der Waals surface area contributed by atoms with E-state index >= 15 is 0 Å². The van der Waals surface area contributed by atoms with E-state index in [1.165, 1.54) is 38.3 Å². The van der Waals surface area contributed by atoms with Crippen LogP contribution in [0, 0.1) is 0 Å². The van der Waals surface area contributed by atoms with Gasteiger partial charge in [-0.2, -0.15) is 0 Å². The topological polar surface area (TPSA) is 88.9 Å². The molecule has 156 valence electrons. The van der Waals surface area contributed by atoms with Crippen molar-refractivity contribution in [2.24, 2.45) is 0 Å². The van der Waals surface area contributed by atoms with Gasteiger partial charge in [0.2, 0.25) is 5.75 Å². The van der Waals surface area contributed by atoms with E-state index in [1.54, 1.807) is 36.4 Å². The highest BCUT2D eigenvalue weighted by Gasteiger charge is 2.12. The highest BCUT2D eigenvalue weighted by atomic mass is 16.5. The molecule has 8 nitrogen and oxygen atoms in total. The molecular formula is C22H22N2O6. The summed E-state index contributed by atoms with van der Waals surface area (Å²) in [5.74, 6) is 0.890. The summed E-state index contributed by atoms with van der Waals surface area (Å²) in [5, 5.41) is 0.522. The van der Waals surface area contributed by atoms with Crippen LogP contribution >= 0.6 is 0 Å². The van der Waals surface area contributed by atoms with Gasteiger partial charge in [0.25, 0.3) is 5.56 Å². The first-order valence-corrected chi connectivity index (χ1v) is 9.16. The van der Waals surface area contributed by atoms with Gasteiger partial charge in [-0.15, -0.1) is 0 Å². The lowest BCUT2D eigenvalue weighted by Gasteiger charge is -2.12. The molecule has 0 saturated heterocycles.